The van der Waals surface area contributed by atoms with Crippen molar-refractivity contribution in [1.29, 1.82) is 0 Å². The molecule has 2 aliphatic rings. The molecule has 0 fully saturated rings. The predicted octanol–water partition coefficient (Wildman–Crippen LogP) is 4.55. The van der Waals surface area contributed by atoms with Crippen LogP contribution in [0, 0.1) is 5.92 Å². The van der Waals surface area contributed by atoms with Crippen LogP contribution in [0.15, 0.2) is 48.5 Å². The standard InChI is InChI=1S/C20H20O/c21-20-17(13-16-7-2-4-11-19(16)20)12-15-9-5-8-14-6-1-3-10-18(14)15/h1-4,6-7,10-11,15,17H,5,8-9,12-13H2. The summed E-state index contributed by atoms with van der Waals surface area (Å²) in [7, 11) is 0. The van der Waals surface area contributed by atoms with Gasteiger partial charge in [0.25, 0.3) is 0 Å². The van der Waals surface area contributed by atoms with Crippen LogP contribution in [0.5, 0.6) is 0 Å². The van der Waals surface area contributed by atoms with Gasteiger partial charge in [0.1, 0.15) is 0 Å². The van der Waals surface area contributed by atoms with Gasteiger partial charge in [0.2, 0.25) is 0 Å². The quantitative estimate of drug-likeness (QED) is 0.786. The fourth-order valence-corrected chi connectivity index (χ4v) is 4.15. The number of ketones is 1. The lowest BCUT2D eigenvalue weighted by molar-refractivity contribution is 0.0924. The fraction of sp³-hybridized carbons (Fsp3) is 0.350. The monoisotopic (exact) mass is 276 g/mol. The molecular formula is C20H20O. The van der Waals surface area contributed by atoms with E-state index in [2.05, 4.69) is 30.3 Å². The molecule has 0 heterocycles. The molecule has 0 spiro atoms. The van der Waals surface area contributed by atoms with E-state index in [4.69, 9.17) is 0 Å². The number of carbonyl (C=O) groups is 1. The molecule has 1 heteroatoms. The molecule has 0 N–H and O–H groups in total. The summed E-state index contributed by atoms with van der Waals surface area (Å²) in [6, 6.07) is 16.9. The van der Waals surface area contributed by atoms with Gasteiger partial charge in [0, 0.05) is 11.5 Å². The van der Waals surface area contributed by atoms with Crippen LogP contribution in [0.4, 0.5) is 0 Å². The Morgan fingerprint density at radius 1 is 0.905 bits per heavy atom. The molecule has 0 amide bonds. The van der Waals surface area contributed by atoms with Crippen LogP contribution in [0.25, 0.3) is 0 Å². The fourth-order valence-electron chi connectivity index (χ4n) is 4.15. The maximum atomic E-state index is 12.6. The number of aryl methyl sites for hydroxylation is 1. The van der Waals surface area contributed by atoms with Crippen LogP contribution in [-0.4, -0.2) is 5.78 Å². The van der Waals surface area contributed by atoms with Gasteiger partial charge in [-0.2, -0.15) is 0 Å². The van der Waals surface area contributed by atoms with Crippen LogP contribution >= 0.6 is 0 Å². The van der Waals surface area contributed by atoms with Crippen LogP contribution in [-0.2, 0) is 12.8 Å². The van der Waals surface area contributed by atoms with E-state index >= 15 is 0 Å². The number of rotatable bonds is 2. The minimum Gasteiger partial charge on any atom is -0.294 e. The lowest BCUT2D eigenvalue weighted by atomic mass is 9.77. The molecule has 2 atom stereocenters. The molecule has 2 unspecified atom stereocenters. The molecule has 21 heavy (non-hydrogen) atoms. The SMILES string of the molecule is O=C1c2ccccc2CC1CC1CCCc2ccccc21. The van der Waals surface area contributed by atoms with Gasteiger partial charge in [-0.25, -0.2) is 0 Å². The molecule has 0 aromatic heterocycles. The summed E-state index contributed by atoms with van der Waals surface area (Å²) in [6.45, 7) is 0. The number of hydrogen-bond donors (Lipinski definition) is 0. The Kier molecular flexibility index (Phi) is 3.14. The van der Waals surface area contributed by atoms with Gasteiger partial charge in [-0.1, -0.05) is 48.5 Å². The summed E-state index contributed by atoms with van der Waals surface area (Å²) >= 11 is 0. The van der Waals surface area contributed by atoms with E-state index in [0.717, 1.165) is 18.4 Å². The number of fused-ring (bicyclic) bond motifs is 2. The molecule has 2 aromatic carbocycles. The van der Waals surface area contributed by atoms with E-state index in [1.165, 1.54) is 36.0 Å². The average molecular weight is 276 g/mol. The highest BCUT2D eigenvalue weighted by Crippen LogP contribution is 2.39. The summed E-state index contributed by atoms with van der Waals surface area (Å²) in [5.41, 5.74) is 5.20. The van der Waals surface area contributed by atoms with Crippen LogP contribution in [0.1, 0.15) is 52.2 Å². The number of carbonyl (C=O) groups excluding carboxylic acids is 1. The Morgan fingerprint density at radius 3 is 2.52 bits per heavy atom. The van der Waals surface area contributed by atoms with Crippen molar-refractivity contribution in [3.63, 3.8) is 0 Å². The van der Waals surface area contributed by atoms with Crippen molar-refractivity contribution in [2.45, 2.75) is 38.0 Å². The summed E-state index contributed by atoms with van der Waals surface area (Å²) in [6.07, 6.45) is 5.65. The molecule has 2 aromatic rings. The topological polar surface area (TPSA) is 17.1 Å². The Balaban J connectivity index is 1.58. The van der Waals surface area contributed by atoms with Gasteiger partial charge < -0.3 is 0 Å². The van der Waals surface area contributed by atoms with Gasteiger partial charge in [0.15, 0.2) is 5.78 Å². The lowest BCUT2D eigenvalue weighted by Crippen LogP contribution is -2.17. The average Bonchev–Trinajstić information content (AvgIpc) is 2.85. The van der Waals surface area contributed by atoms with E-state index in [9.17, 15) is 4.79 Å². The first-order chi connectivity index (χ1) is 10.3. The molecule has 0 radical (unpaired) electrons. The molecule has 0 aliphatic heterocycles. The Bertz CT molecular complexity index is 686. The molecular weight excluding hydrogens is 256 g/mol. The molecule has 0 saturated heterocycles. The zero-order valence-corrected chi connectivity index (χ0v) is 12.2. The highest BCUT2D eigenvalue weighted by Gasteiger charge is 2.33. The number of benzene rings is 2. The minimum absolute atomic E-state index is 0.193. The molecule has 4 rings (SSSR count). The predicted molar refractivity (Wildman–Crippen MR) is 84.7 cm³/mol. The number of hydrogen-bond acceptors (Lipinski definition) is 1. The molecule has 106 valence electrons. The third-order valence-corrected chi connectivity index (χ3v) is 5.18. The first-order valence-corrected chi connectivity index (χ1v) is 8.03. The van der Waals surface area contributed by atoms with Crippen molar-refractivity contribution in [2.24, 2.45) is 5.92 Å². The van der Waals surface area contributed by atoms with E-state index < -0.39 is 0 Å². The van der Waals surface area contributed by atoms with E-state index in [1.807, 2.05) is 18.2 Å². The minimum atomic E-state index is 0.193. The van der Waals surface area contributed by atoms with Crippen molar-refractivity contribution in [3.05, 3.63) is 70.8 Å². The van der Waals surface area contributed by atoms with Gasteiger partial charge in [-0.3, -0.25) is 4.79 Å². The third kappa shape index (κ3) is 2.21. The van der Waals surface area contributed by atoms with E-state index in [1.54, 1.807) is 0 Å². The Morgan fingerprint density at radius 2 is 1.67 bits per heavy atom. The Labute approximate surface area is 126 Å². The normalized spacial score (nSPS) is 23.7. The lowest BCUT2D eigenvalue weighted by Gasteiger charge is -2.27. The third-order valence-electron chi connectivity index (χ3n) is 5.18. The van der Waals surface area contributed by atoms with E-state index in [-0.39, 0.29) is 5.92 Å². The van der Waals surface area contributed by atoms with Crippen molar-refractivity contribution in [2.75, 3.05) is 0 Å². The zero-order chi connectivity index (χ0) is 14.2. The van der Waals surface area contributed by atoms with Crippen molar-refractivity contribution in [1.82, 2.24) is 0 Å². The first kappa shape index (κ1) is 12.8. The second-order valence-electron chi connectivity index (χ2n) is 6.45. The summed E-state index contributed by atoms with van der Waals surface area (Å²) < 4.78 is 0. The van der Waals surface area contributed by atoms with Crippen molar-refractivity contribution >= 4 is 5.78 Å². The highest BCUT2D eigenvalue weighted by atomic mass is 16.1. The molecule has 0 bridgehead atoms. The smallest absolute Gasteiger partial charge is 0.166 e. The largest absolute Gasteiger partial charge is 0.294 e. The summed E-state index contributed by atoms with van der Waals surface area (Å²) in [5, 5.41) is 0. The van der Waals surface area contributed by atoms with Crippen LogP contribution in [0.2, 0.25) is 0 Å². The highest BCUT2D eigenvalue weighted by molar-refractivity contribution is 6.02. The second kappa shape index (κ2) is 5.14. The van der Waals surface area contributed by atoms with Gasteiger partial charge in [0.05, 0.1) is 0 Å². The van der Waals surface area contributed by atoms with E-state index in [0.29, 0.717) is 11.7 Å². The maximum absolute atomic E-state index is 12.6. The molecule has 0 saturated carbocycles. The van der Waals surface area contributed by atoms with Crippen LogP contribution in [0.3, 0.4) is 0 Å². The maximum Gasteiger partial charge on any atom is 0.166 e. The van der Waals surface area contributed by atoms with Crippen molar-refractivity contribution in [3.8, 4) is 0 Å². The number of Topliss-reactive ketones (excluding diaryl/α,β-unsaturated/α-hetero) is 1. The van der Waals surface area contributed by atoms with Crippen LogP contribution < -0.4 is 0 Å². The first-order valence-electron chi connectivity index (χ1n) is 8.03. The van der Waals surface area contributed by atoms with Gasteiger partial charge in [-0.15, -0.1) is 0 Å². The Hall–Kier alpha value is -1.89. The van der Waals surface area contributed by atoms with Gasteiger partial charge in [-0.05, 0) is 54.7 Å². The molecule has 1 nitrogen and oxygen atoms in total. The second-order valence-corrected chi connectivity index (χ2v) is 6.45. The summed E-state index contributed by atoms with van der Waals surface area (Å²) in [5.74, 6) is 1.13. The summed E-state index contributed by atoms with van der Waals surface area (Å²) in [4.78, 5) is 12.6. The van der Waals surface area contributed by atoms with Gasteiger partial charge >= 0.3 is 0 Å². The van der Waals surface area contributed by atoms with Crippen molar-refractivity contribution < 1.29 is 4.79 Å². The zero-order valence-electron chi connectivity index (χ0n) is 12.2. The molecule has 2 aliphatic carbocycles.